The van der Waals surface area contributed by atoms with E-state index in [0.29, 0.717) is 5.92 Å². The van der Waals surface area contributed by atoms with Crippen molar-refractivity contribution in [1.29, 1.82) is 0 Å². The van der Waals surface area contributed by atoms with Crippen LogP contribution < -0.4 is 0 Å². The topological polar surface area (TPSA) is 12.9 Å². The zero-order chi connectivity index (χ0) is 8.43. The van der Waals surface area contributed by atoms with Gasteiger partial charge in [0.1, 0.15) is 0 Å². The first-order valence-electron chi connectivity index (χ1n) is 3.74. The van der Waals surface area contributed by atoms with E-state index >= 15 is 0 Å². The minimum absolute atomic E-state index is 0.396. The van der Waals surface area contributed by atoms with E-state index in [-0.39, 0.29) is 0 Å². The molecular weight excluding hydrogens is 141 g/mol. The minimum Gasteiger partial charge on any atom is -0.225 e. The molecule has 60 valence electrons. The lowest BCUT2D eigenvalue weighted by Gasteiger charge is -2.07. The van der Waals surface area contributed by atoms with E-state index in [1.54, 1.807) is 6.07 Å². The van der Waals surface area contributed by atoms with E-state index < -0.39 is 5.95 Å². The van der Waals surface area contributed by atoms with Gasteiger partial charge in [-0.1, -0.05) is 19.9 Å². The number of hydrogen-bond acceptors (Lipinski definition) is 1. The quantitative estimate of drug-likeness (QED) is 0.565. The van der Waals surface area contributed by atoms with Gasteiger partial charge in [-0.15, -0.1) is 0 Å². The Morgan fingerprint density at radius 2 is 2.00 bits per heavy atom. The van der Waals surface area contributed by atoms with Gasteiger partial charge in [-0.25, -0.2) is 4.98 Å². The maximum Gasteiger partial charge on any atom is 0.213 e. The molecule has 0 aromatic carbocycles. The van der Waals surface area contributed by atoms with E-state index in [1.165, 1.54) is 6.07 Å². The molecule has 0 amide bonds. The Kier molecular flexibility index (Phi) is 2.22. The Labute approximate surface area is 66.3 Å². The Hall–Kier alpha value is -0.920. The summed E-state index contributed by atoms with van der Waals surface area (Å²) in [6.45, 7) is 5.97. The van der Waals surface area contributed by atoms with Gasteiger partial charge in [0, 0.05) is 5.69 Å². The van der Waals surface area contributed by atoms with Crippen LogP contribution in [-0.4, -0.2) is 4.98 Å². The number of aryl methyl sites for hydroxylation is 1. The molecule has 0 aliphatic rings. The summed E-state index contributed by atoms with van der Waals surface area (Å²) < 4.78 is 12.5. The first-order valence-corrected chi connectivity index (χ1v) is 3.74. The molecule has 0 N–H and O–H groups in total. The summed E-state index contributed by atoms with van der Waals surface area (Å²) in [5, 5.41) is 0. The Bertz CT molecular complexity index is 256. The van der Waals surface area contributed by atoms with Crippen LogP contribution in [0, 0.1) is 12.9 Å². The number of pyridine rings is 1. The third kappa shape index (κ3) is 1.76. The van der Waals surface area contributed by atoms with Crippen molar-refractivity contribution in [2.75, 3.05) is 0 Å². The van der Waals surface area contributed by atoms with Crippen molar-refractivity contribution in [3.8, 4) is 0 Å². The third-order valence-electron chi connectivity index (χ3n) is 1.71. The van der Waals surface area contributed by atoms with Crippen LogP contribution in [0.4, 0.5) is 4.39 Å². The summed E-state index contributed by atoms with van der Waals surface area (Å²) in [6.07, 6.45) is 0. The van der Waals surface area contributed by atoms with Crippen LogP contribution in [0.2, 0.25) is 0 Å². The molecule has 1 aromatic rings. The lowest BCUT2D eigenvalue weighted by Crippen LogP contribution is -1.96. The van der Waals surface area contributed by atoms with Crippen LogP contribution in [0.25, 0.3) is 0 Å². The molecule has 0 unspecified atom stereocenters. The van der Waals surface area contributed by atoms with Crippen molar-refractivity contribution in [2.24, 2.45) is 0 Å². The van der Waals surface area contributed by atoms with E-state index in [9.17, 15) is 4.39 Å². The number of halogens is 1. The summed E-state index contributed by atoms with van der Waals surface area (Å²) >= 11 is 0. The Morgan fingerprint density at radius 3 is 2.45 bits per heavy atom. The summed E-state index contributed by atoms with van der Waals surface area (Å²) in [7, 11) is 0. The van der Waals surface area contributed by atoms with Crippen LogP contribution in [0.3, 0.4) is 0 Å². The van der Waals surface area contributed by atoms with Crippen molar-refractivity contribution in [3.05, 3.63) is 29.3 Å². The summed E-state index contributed by atoms with van der Waals surface area (Å²) in [5.74, 6) is 0.0231. The highest BCUT2D eigenvalue weighted by Gasteiger charge is 2.04. The average Bonchev–Trinajstić information content (AvgIpc) is 1.85. The summed E-state index contributed by atoms with van der Waals surface area (Å²) in [6, 6.07) is 3.20. The van der Waals surface area contributed by atoms with E-state index in [4.69, 9.17) is 0 Å². The van der Waals surface area contributed by atoms with Crippen LogP contribution in [-0.2, 0) is 0 Å². The predicted molar refractivity (Wildman–Crippen MR) is 43.0 cm³/mol. The summed E-state index contributed by atoms with van der Waals surface area (Å²) in [4.78, 5) is 3.73. The highest BCUT2D eigenvalue weighted by molar-refractivity contribution is 5.21. The van der Waals surface area contributed by atoms with Gasteiger partial charge in [-0.3, -0.25) is 0 Å². The zero-order valence-corrected chi connectivity index (χ0v) is 7.06. The van der Waals surface area contributed by atoms with Gasteiger partial charge < -0.3 is 0 Å². The van der Waals surface area contributed by atoms with Crippen molar-refractivity contribution in [2.45, 2.75) is 26.7 Å². The fourth-order valence-electron chi connectivity index (χ4n) is 1.15. The fourth-order valence-corrected chi connectivity index (χ4v) is 1.15. The standard InChI is InChI=1S/C9H12FN/c1-6(2)8-4-5-9(10)11-7(8)3/h4-6H,1-3H3. The van der Waals surface area contributed by atoms with Gasteiger partial charge in [0.05, 0.1) is 0 Å². The molecule has 1 nitrogen and oxygen atoms in total. The molecule has 1 heterocycles. The lowest BCUT2D eigenvalue weighted by molar-refractivity contribution is 0.576. The zero-order valence-electron chi connectivity index (χ0n) is 7.06. The molecule has 1 rings (SSSR count). The first-order chi connectivity index (χ1) is 5.11. The molecule has 0 fully saturated rings. The molecule has 11 heavy (non-hydrogen) atoms. The number of hydrogen-bond donors (Lipinski definition) is 0. The van der Waals surface area contributed by atoms with Crippen LogP contribution in [0.5, 0.6) is 0 Å². The van der Waals surface area contributed by atoms with Gasteiger partial charge >= 0.3 is 0 Å². The molecule has 0 aliphatic carbocycles. The molecule has 0 bridgehead atoms. The molecule has 0 aliphatic heterocycles. The number of rotatable bonds is 1. The fraction of sp³-hybridized carbons (Fsp3) is 0.444. The van der Waals surface area contributed by atoms with Crippen LogP contribution >= 0.6 is 0 Å². The number of nitrogens with zero attached hydrogens (tertiary/aromatic N) is 1. The second-order valence-electron chi connectivity index (χ2n) is 2.96. The van der Waals surface area contributed by atoms with Crippen molar-refractivity contribution < 1.29 is 4.39 Å². The summed E-state index contributed by atoms with van der Waals surface area (Å²) in [5.41, 5.74) is 1.91. The Balaban J connectivity index is 3.09. The molecule has 0 atom stereocenters. The second-order valence-corrected chi connectivity index (χ2v) is 2.96. The number of aromatic nitrogens is 1. The van der Waals surface area contributed by atoms with Gasteiger partial charge in [-0.05, 0) is 24.5 Å². The van der Waals surface area contributed by atoms with Crippen molar-refractivity contribution >= 4 is 0 Å². The van der Waals surface area contributed by atoms with Gasteiger partial charge in [0.15, 0.2) is 0 Å². The third-order valence-corrected chi connectivity index (χ3v) is 1.71. The van der Waals surface area contributed by atoms with E-state index in [2.05, 4.69) is 18.8 Å². The monoisotopic (exact) mass is 153 g/mol. The van der Waals surface area contributed by atoms with Gasteiger partial charge in [-0.2, -0.15) is 4.39 Å². The average molecular weight is 153 g/mol. The molecule has 0 saturated heterocycles. The highest BCUT2D eigenvalue weighted by atomic mass is 19.1. The molecule has 1 aromatic heterocycles. The Morgan fingerprint density at radius 1 is 1.36 bits per heavy atom. The van der Waals surface area contributed by atoms with Crippen LogP contribution in [0.1, 0.15) is 31.0 Å². The molecular formula is C9H12FN. The largest absolute Gasteiger partial charge is 0.225 e. The highest BCUT2D eigenvalue weighted by Crippen LogP contribution is 2.16. The van der Waals surface area contributed by atoms with Gasteiger partial charge in [0.25, 0.3) is 0 Å². The maximum atomic E-state index is 12.5. The lowest BCUT2D eigenvalue weighted by atomic mass is 10.0. The minimum atomic E-state index is -0.396. The molecule has 0 radical (unpaired) electrons. The normalized spacial score (nSPS) is 10.6. The SMILES string of the molecule is Cc1nc(F)ccc1C(C)C. The smallest absolute Gasteiger partial charge is 0.213 e. The van der Waals surface area contributed by atoms with Gasteiger partial charge in [0.2, 0.25) is 5.95 Å². The van der Waals surface area contributed by atoms with Crippen molar-refractivity contribution in [1.82, 2.24) is 4.98 Å². The first kappa shape index (κ1) is 8.18. The molecule has 0 spiro atoms. The van der Waals surface area contributed by atoms with Crippen LogP contribution in [0.15, 0.2) is 12.1 Å². The second kappa shape index (κ2) is 2.99. The predicted octanol–water partition coefficient (Wildman–Crippen LogP) is 2.65. The molecule has 0 saturated carbocycles. The maximum absolute atomic E-state index is 12.5. The van der Waals surface area contributed by atoms with E-state index in [1.807, 2.05) is 6.92 Å². The molecule has 2 heteroatoms. The van der Waals surface area contributed by atoms with E-state index in [0.717, 1.165) is 11.3 Å². The van der Waals surface area contributed by atoms with Crippen molar-refractivity contribution in [3.63, 3.8) is 0 Å².